The highest BCUT2D eigenvalue weighted by atomic mass is 16.6. The molecule has 21 unspecified atom stereocenters. The zero-order valence-corrected chi connectivity index (χ0v) is 73.3. The topological polar surface area (TPSA) is 122 Å². The molecule has 0 aliphatic carbocycles. The molecule has 0 fully saturated rings. The van der Waals surface area contributed by atoms with Gasteiger partial charge in [0.2, 0.25) is 0 Å². The first-order chi connectivity index (χ1) is 46.7. The number of rotatable bonds is 65. The lowest BCUT2D eigenvalue weighted by atomic mass is 9.84. The quantitative estimate of drug-likeness (QED) is 0.0624. The highest BCUT2D eigenvalue weighted by Gasteiger charge is 2.53. The summed E-state index contributed by atoms with van der Waals surface area (Å²) >= 11 is 0. The Bertz CT molecular complexity index is 2070. The van der Waals surface area contributed by atoms with Gasteiger partial charge in [-0.25, -0.2) is 0 Å². The van der Waals surface area contributed by atoms with Gasteiger partial charge in [-0.2, -0.15) is 0 Å². The van der Waals surface area contributed by atoms with Crippen molar-refractivity contribution in [1.29, 1.82) is 0 Å². The molecule has 0 aromatic rings. The largest absolute Gasteiger partial charge is 0.396 e. The normalized spacial score (nSPS) is 22.4. The molecular formula is C88H178O12. The van der Waals surface area contributed by atoms with Crippen LogP contribution in [0, 0.1) is 35.5 Å². The van der Waals surface area contributed by atoms with Crippen LogP contribution in [0.2, 0.25) is 0 Å². The summed E-state index contributed by atoms with van der Waals surface area (Å²) in [6, 6.07) is 0. The Balaban J connectivity index is 10.0. The number of hydrogen-bond acceptors (Lipinski definition) is 12. The maximum absolute atomic E-state index is 11.5. The first-order valence-electron chi connectivity index (χ1n) is 42.5. The van der Waals surface area contributed by atoms with E-state index in [0.29, 0.717) is 58.7 Å². The lowest BCUT2D eigenvalue weighted by molar-refractivity contribution is -0.301. The van der Waals surface area contributed by atoms with Gasteiger partial charge in [0, 0.05) is 42.1 Å². The standard InChI is InChI=1S/C88H178O12/c1-34-50-55-78(23,39-6)90-61-69(18)83(28,44-11)95-66-74(97-86(31,47-14)71(20)63-92-80(25,41-8)57-52-36-3)76(99-85(30,46-13)68(17)60-89)77(100-88(33,49-16)73(22)65-94-82(27,43-10)59-54-38-5)75(98-87(32,48-15)72(21)64-93-81(26,42-9)58-53-37-4)67-96-84(29,45-12)70(19)62-91-79(24,40-7)56-51-35-2/h68-77,89H,34-67H2,1-33H3. The van der Waals surface area contributed by atoms with E-state index in [1.54, 1.807) is 0 Å². The Morgan fingerprint density at radius 1 is 0.230 bits per heavy atom. The van der Waals surface area contributed by atoms with Gasteiger partial charge in [-0.1, -0.05) is 217 Å². The van der Waals surface area contributed by atoms with Crippen molar-refractivity contribution in [3.8, 4) is 0 Å². The third kappa shape index (κ3) is 31.6. The van der Waals surface area contributed by atoms with Gasteiger partial charge in [0.25, 0.3) is 0 Å². The molecule has 0 heterocycles. The van der Waals surface area contributed by atoms with Gasteiger partial charge in [0.15, 0.2) is 0 Å². The van der Waals surface area contributed by atoms with Gasteiger partial charge in [0.05, 0.1) is 108 Å². The van der Waals surface area contributed by atoms with Gasteiger partial charge >= 0.3 is 0 Å². The predicted octanol–water partition coefficient (Wildman–Crippen LogP) is 24.3. The van der Waals surface area contributed by atoms with Crippen molar-refractivity contribution in [3.63, 3.8) is 0 Å². The summed E-state index contributed by atoms with van der Waals surface area (Å²) in [5, 5.41) is 11.5. The smallest absolute Gasteiger partial charge is 0.115 e. The van der Waals surface area contributed by atoms with Gasteiger partial charge < -0.3 is 57.2 Å². The number of ether oxygens (including phenoxy) is 11. The average molecular weight is 1430 g/mol. The molecule has 100 heavy (non-hydrogen) atoms. The predicted molar refractivity (Wildman–Crippen MR) is 427 cm³/mol. The summed E-state index contributed by atoms with van der Waals surface area (Å²) in [5.41, 5.74) is -5.84. The number of aliphatic hydroxyl groups is 1. The highest BCUT2D eigenvalue weighted by Crippen LogP contribution is 2.44. The van der Waals surface area contributed by atoms with Crippen molar-refractivity contribution in [1.82, 2.24) is 0 Å². The lowest BCUT2D eigenvalue weighted by Gasteiger charge is -2.51. The van der Waals surface area contributed by atoms with E-state index in [9.17, 15) is 5.11 Å². The lowest BCUT2D eigenvalue weighted by Crippen LogP contribution is -2.62. The Morgan fingerprint density at radius 3 is 0.600 bits per heavy atom. The van der Waals surface area contributed by atoms with Crippen molar-refractivity contribution in [2.45, 2.75) is 481 Å². The SMILES string of the molecule is CCCCC(C)(CC)OCC(C)C(C)(CC)OCC(OC(C)(CC)C(C)COC(C)(CC)CCCC)C(OC(C)(CC)C(C)CO)C(OC(C)(CC)C(C)COC(C)(CC)CCCC)C(COC(C)(CC)C(C)COC(C)(CC)CCCC)OC(C)(CC)C(C)COC(C)(CC)CCCC. The van der Waals surface area contributed by atoms with E-state index in [1.807, 2.05) is 0 Å². The van der Waals surface area contributed by atoms with E-state index in [1.165, 1.54) is 0 Å². The van der Waals surface area contributed by atoms with Crippen LogP contribution in [0.25, 0.3) is 0 Å². The maximum atomic E-state index is 11.5. The Morgan fingerprint density at radius 2 is 0.420 bits per heavy atom. The van der Waals surface area contributed by atoms with Crippen LogP contribution in [0.1, 0.15) is 395 Å². The van der Waals surface area contributed by atoms with Crippen molar-refractivity contribution < 1.29 is 57.2 Å². The van der Waals surface area contributed by atoms with Crippen LogP contribution in [-0.4, -0.2) is 144 Å². The molecule has 0 aromatic heterocycles. The zero-order chi connectivity index (χ0) is 77.1. The fraction of sp³-hybridized carbons (Fsp3) is 1.00. The van der Waals surface area contributed by atoms with Crippen LogP contribution in [0.15, 0.2) is 0 Å². The summed E-state index contributed by atoms with van der Waals surface area (Å²) in [4.78, 5) is 0. The van der Waals surface area contributed by atoms with E-state index in [-0.39, 0.29) is 83.3 Å². The second-order valence-corrected chi connectivity index (χ2v) is 34.8. The minimum absolute atomic E-state index is 0.0111. The Hall–Kier alpha value is -0.480. The van der Waals surface area contributed by atoms with Crippen LogP contribution in [0.3, 0.4) is 0 Å². The van der Waals surface area contributed by atoms with Crippen LogP contribution in [0.5, 0.6) is 0 Å². The van der Waals surface area contributed by atoms with E-state index in [2.05, 4.69) is 228 Å². The first-order valence-corrected chi connectivity index (χ1v) is 42.5. The molecule has 0 radical (unpaired) electrons. The fourth-order valence-corrected chi connectivity index (χ4v) is 13.6. The van der Waals surface area contributed by atoms with Gasteiger partial charge in [-0.05, 0) is 179 Å². The van der Waals surface area contributed by atoms with Crippen molar-refractivity contribution >= 4 is 0 Å². The van der Waals surface area contributed by atoms with Crippen LogP contribution < -0.4 is 0 Å². The number of unbranched alkanes of at least 4 members (excludes halogenated alkanes) is 5. The maximum Gasteiger partial charge on any atom is 0.115 e. The first kappa shape index (κ1) is 99.5. The molecule has 0 aliphatic heterocycles. The molecule has 0 aromatic carbocycles. The summed E-state index contributed by atoms with van der Waals surface area (Å²) in [6.45, 7) is 77.5. The Kier molecular flexibility index (Phi) is 47.2. The average Bonchev–Trinajstić information content (AvgIpc) is 0.772. The molecule has 1 N–H and O–H groups in total. The van der Waals surface area contributed by atoms with Gasteiger partial charge in [0.1, 0.15) is 24.4 Å². The molecule has 0 spiro atoms. The third-order valence-electron chi connectivity index (χ3n) is 27.0. The van der Waals surface area contributed by atoms with E-state index < -0.39 is 58.0 Å². The van der Waals surface area contributed by atoms with E-state index >= 15 is 0 Å². The molecule has 0 bridgehead atoms. The van der Waals surface area contributed by atoms with Crippen molar-refractivity contribution in [2.24, 2.45) is 35.5 Å². The van der Waals surface area contributed by atoms with Crippen molar-refractivity contribution in [3.05, 3.63) is 0 Å². The molecule has 0 aliphatic rings. The van der Waals surface area contributed by atoms with Crippen LogP contribution in [0.4, 0.5) is 0 Å². The molecule has 0 amide bonds. The second kappa shape index (κ2) is 47.4. The fourth-order valence-electron chi connectivity index (χ4n) is 13.6. The molecular weight excluding hydrogens is 1250 g/mol. The van der Waals surface area contributed by atoms with E-state index in [0.717, 1.165) is 141 Å². The summed E-state index contributed by atoms with van der Waals surface area (Å²) in [6.07, 6.45) is 21.5. The van der Waals surface area contributed by atoms with Gasteiger partial charge in [-0.15, -0.1) is 0 Å². The molecule has 0 saturated carbocycles. The second-order valence-electron chi connectivity index (χ2n) is 34.8. The minimum Gasteiger partial charge on any atom is -0.396 e. The molecule has 0 saturated heterocycles. The van der Waals surface area contributed by atoms with Crippen molar-refractivity contribution in [2.75, 3.05) is 52.9 Å². The van der Waals surface area contributed by atoms with E-state index in [4.69, 9.17) is 52.1 Å². The number of hydrogen-bond donors (Lipinski definition) is 1. The molecule has 0 rings (SSSR count). The summed E-state index contributed by atoms with van der Waals surface area (Å²) < 4.78 is 84.3. The molecule has 12 heteroatoms. The third-order valence-corrected chi connectivity index (χ3v) is 27.0. The summed E-state index contributed by atoms with van der Waals surface area (Å²) in [5.74, 6) is -0.470. The summed E-state index contributed by atoms with van der Waals surface area (Å²) in [7, 11) is 0. The van der Waals surface area contributed by atoms with Gasteiger partial charge in [-0.3, -0.25) is 0 Å². The van der Waals surface area contributed by atoms with Crippen LogP contribution in [-0.2, 0) is 52.1 Å². The monoisotopic (exact) mass is 1430 g/mol. The highest BCUT2D eigenvalue weighted by molar-refractivity contribution is 5.00. The van der Waals surface area contributed by atoms with Crippen LogP contribution >= 0.6 is 0 Å². The minimum atomic E-state index is -0.892. The molecule has 21 atom stereocenters. The number of aliphatic hydroxyl groups excluding tert-OH is 1. The Labute approximate surface area is 624 Å². The zero-order valence-electron chi connectivity index (χ0n) is 73.3. The molecule has 12 nitrogen and oxygen atoms in total. The molecule has 602 valence electrons.